The molecule has 0 amide bonds. The van der Waals surface area contributed by atoms with Crippen LogP contribution in [0.2, 0.25) is 0 Å². The highest BCUT2D eigenvalue weighted by molar-refractivity contribution is 7.33. The summed E-state index contributed by atoms with van der Waals surface area (Å²) < 4.78 is 30.5. The molecule has 0 aliphatic carbocycles. The van der Waals surface area contributed by atoms with Gasteiger partial charge >= 0.3 is 0 Å². The van der Waals surface area contributed by atoms with Gasteiger partial charge in [0, 0.05) is 41.2 Å². The van der Waals surface area contributed by atoms with Crippen molar-refractivity contribution in [2.45, 2.75) is 0 Å². The summed E-state index contributed by atoms with van der Waals surface area (Å²) in [5.74, 6) is 0. The van der Waals surface area contributed by atoms with E-state index >= 15 is 0 Å². The first-order valence-corrected chi connectivity index (χ1v) is 12.3. The number of carbonyl (C=O) groups excluding carboxylic acids is 1. The molecule has 0 unspecified atom stereocenters. The molecule has 0 aliphatic rings. The van der Waals surface area contributed by atoms with E-state index in [9.17, 15) is 4.79 Å². The number of anilines is 1. The van der Waals surface area contributed by atoms with E-state index in [0.29, 0.717) is 59.5 Å². The van der Waals surface area contributed by atoms with Crippen molar-refractivity contribution in [2.75, 3.05) is 85.1 Å². The zero-order chi connectivity index (χ0) is 22.6. The van der Waals surface area contributed by atoms with Crippen LogP contribution in [0.4, 0.5) is 5.69 Å². The molecule has 0 saturated carbocycles. The lowest BCUT2D eigenvalue weighted by atomic mass is 10.2. The highest BCUT2D eigenvalue weighted by Gasteiger charge is 2.11. The first-order chi connectivity index (χ1) is 15.7. The summed E-state index contributed by atoms with van der Waals surface area (Å²) in [7, 11) is 3.72. The molecule has 0 spiro atoms. The van der Waals surface area contributed by atoms with Crippen LogP contribution in [0.3, 0.4) is 0 Å². The van der Waals surface area contributed by atoms with Crippen molar-refractivity contribution in [3.8, 4) is 0 Å². The van der Waals surface area contributed by atoms with E-state index in [1.165, 1.54) is 19.5 Å². The van der Waals surface area contributed by atoms with Gasteiger partial charge in [0.25, 0.3) is 0 Å². The fourth-order valence-corrected chi connectivity index (χ4v) is 5.47. The van der Waals surface area contributed by atoms with Gasteiger partial charge in [-0.05, 0) is 18.2 Å². The molecule has 0 fully saturated rings. The SMILES string of the molecule is COCCOCCOCCOCCOCCN(C)c1ccc2c(c1)sc1cc(C=O)sc12. The predicted octanol–water partition coefficient (Wildman–Crippen LogP) is 4.08. The molecule has 3 rings (SSSR count). The standard InChI is InChI=1S/C23H31NO6S2/c1-24(5-6-27-9-10-29-13-14-30-12-11-28-8-7-26-2)18-3-4-20-21(15-18)32-22-16-19(17-25)31-23(20)22/h3-4,15-17H,5-14H2,1-2H3. The maximum Gasteiger partial charge on any atom is 0.160 e. The topological polar surface area (TPSA) is 66.5 Å². The average molecular weight is 482 g/mol. The van der Waals surface area contributed by atoms with Gasteiger partial charge in [0.1, 0.15) is 0 Å². The van der Waals surface area contributed by atoms with Gasteiger partial charge in [0.2, 0.25) is 0 Å². The predicted molar refractivity (Wildman–Crippen MR) is 131 cm³/mol. The number of hydrogen-bond acceptors (Lipinski definition) is 9. The molecule has 9 heteroatoms. The number of nitrogens with zero attached hydrogens (tertiary/aromatic N) is 1. The van der Waals surface area contributed by atoms with Crippen molar-refractivity contribution in [1.82, 2.24) is 0 Å². The molecule has 0 saturated heterocycles. The number of carbonyl (C=O) groups is 1. The van der Waals surface area contributed by atoms with Gasteiger partial charge < -0.3 is 28.6 Å². The van der Waals surface area contributed by atoms with Crippen molar-refractivity contribution in [1.29, 1.82) is 0 Å². The summed E-state index contributed by atoms with van der Waals surface area (Å²) in [6.45, 7) is 5.97. The number of methoxy groups -OCH3 is 1. The van der Waals surface area contributed by atoms with Crippen molar-refractivity contribution in [3.63, 3.8) is 0 Å². The van der Waals surface area contributed by atoms with Crippen LogP contribution in [0.5, 0.6) is 0 Å². The first-order valence-electron chi connectivity index (χ1n) is 10.6. The Bertz CT molecular complexity index is 957. The van der Waals surface area contributed by atoms with Crippen LogP contribution in [-0.4, -0.2) is 86.5 Å². The van der Waals surface area contributed by atoms with E-state index in [-0.39, 0.29) is 0 Å². The second-order valence-electron chi connectivity index (χ2n) is 7.11. The van der Waals surface area contributed by atoms with Crippen LogP contribution in [0.1, 0.15) is 9.67 Å². The Morgan fingerprint density at radius 3 is 2.06 bits per heavy atom. The Hall–Kier alpha value is -1.59. The van der Waals surface area contributed by atoms with E-state index in [4.69, 9.17) is 23.7 Å². The fourth-order valence-electron chi connectivity index (χ4n) is 3.09. The zero-order valence-corrected chi connectivity index (χ0v) is 20.3. The highest BCUT2D eigenvalue weighted by Crippen LogP contribution is 2.40. The lowest BCUT2D eigenvalue weighted by Crippen LogP contribution is -2.23. The second-order valence-corrected chi connectivity index (χ2v) is 9.27. The molecule has 3 aromatic rings. The van der Waals surface area contributed by atoms with Crippen molar-refractivity contribution in [2.24, 2.45) is 0 Å². The van der Waals surface area contributed by atoms with E-state index in [0.717, 1.165) is 23.4 Å². The molecule has 7 nitrogen and oxygen atoms in total. The van der Waals surface area contributed by atoms with E-state index < -0.39 is 0 Å². The number of fused-ring (bicyclic) bond motifs is 3. The van der Waals surface area contributed by atoms with E-state index in [2.05, 4.69) is 30.1 Å². The second kappa shape index (κ2) is 13.8. The first kappa shape index (κ1) is 25.0. The van der Waals surface area contributed by atoms with Gasteiger partial charge in [0.05, 0.1) is 69.0 Å². The van der Waals surface area contributed by atoms with Gasteiger partial charge in [-0.2, -0.15) is 0 Å². The molecule has 1 aromatic carbocycles. The number of rotatable bonds is 17. The van der Waals surface area contributed by atoms with Gasteiger partial charge in [-0.1, -0.05) is 6.07 Å². The summed E-state index contributed by atoms with van der Waals surface area (Å²) >= 11 is 3.29. The molecule has 0 bridgehead atoms. The molecule has 0 N–H and O–H groups in total. The average Bonchev–Trinajstić information content (AvgIpc) is 3.36. The third kappa shape index (κ3) is 7.48. The molecular formula is C23H31NO6S2. The molecular weight excluding hydrogens is 450 g/mol. The lowest BCUT2D eigenvalue weighted by molar-refractivity contribution is -0.00719. The minimum atomic E-state index is 0.550. The number of benzene rings is 1. The number of ether oxygens (including phenoxy) is 5. The molecule has 0 atom stereocenters. The highest BCUT2D eigenvalue weighted by atomic mass is 32.1. The Labute approximate surface area is 196 Å². The van der Waals surface area contributed by atoms with Crippen molar-refractivity contribution in [3.05, 3.63) is 29.1 Å². The summed E-state index contributed by atoms with van der Waals surface area (Å²) in [6, 6.07) is 8.45. The normalized spacial score (nSPS) is 11.6. The quantitative estimate of drug-likeness (QED) is 0.213. The minimum absolute atomic E-state index is 0.550. The van der Waals surface area contributed by atoms with Gasteiger partial charge in [-0.25, -0.2) is 0 Å². The van der Waals surface area contributed by atoms with Gasteiger partial charge in [0.15, 0.2) is 6.29 Å². The summed E-state index contributed by atoms with van der Waals surface area (Å²) in [5, 5.41) is 1.22. The number of thiophene rings is 2. The van der Waals surface area contributed by atoms with Gasteiger partial charge in [-0.3, -0.25) is 4.79 Å². The monoisotopic (exact) mass is 481 g/mol. The van der Waals surface area contributed by atoms with E-state index in [1.54, 1.807) is 29.8 Å². The minimum Gasteiger partial charge on any atom is -0.382 e. The van der Waals surface area contributed by atoms with Crippen LogP contribution in [-0.2, 0) is 23.7 Å². The van der Waals surface area contributed by atoms with Crippen LogP contribution in [0.25, 0.3) is 19.5 Å². The maximum atomic E-state index is 11.0. The molecule has 0 aliphatic heterocycles. The molecule has 2 heterocycles. The van der Waals surface area contributed by atoms with Crippen LogP contribution in [0.15, 0.2) is 24.3 Å². The number of aldehydes is 1. The Balaban J connectivity index is 1.26. The number of hydrogen-bond donors (Lipinski definition) is 0. The van der Waals surface area contributed by atoms with Crippen LogP contribution < -0.4 is 4.90 Å². The Kier molecular flexibility index (Phi) is 10.8. The summed E-state index contributed by atoms with van der Waals surface area (Å²) in [6.07, 6.45) is 0.923. The molecule has 32 heavy (non-hydrogen) atoms. The smallest absolute Gasteiger partial charge is 0.160 e. The lowest BCUT2D eigenvalue weighted by Gasteiger charge is -2.19. The third-order valence-corrected chi connectivity index (χ3v) is 7.15. The van der Waals surface area contributed by atoms with Crippen LogP contribution >= 0.6 is 22.7 Å². The molecule has 2 aromatic heterocycles. The third-order valence-electron chi connectivity index (χ3n) is 4.82. The summed E-state index contributed by atoms with van der Waals surface area (Å²) in [4.78, 5) is 14.0. The summed E-state index contributed by atoms with van der Waals surface area (Å²) in [5.41, 5.74) is 1.16. The Morgan fingerprint density at radius 1 is 0.812 bits per heavy atom. The molecule has 176 valence electrons. The number of likely N-dealkylation sites (N-methyl/N-ethyl adjacent to an activating group) is 1. The van der Waals surface area contributed by atoms with Gasteiger partial charge in [-0.15, -0.1) is 22.7 Å². The molecule has 0 radical (unpaired) electrons. The van der Waals surface area contributed by atoms with Crippen molar-refractivity contribution >= 4 is 54.1 Å². The van der Waals surface area contributed by atoms with Crippen LogP contribution in [0, 0.1) is 0 Å². The largest absolute Gasteiger partial charge is 0.382 e. The fraction of sp³-hybridized carbons (Fsp3) is 0.522. The Morgan fingerprint density at radius 2 is 1.44 bits per heavy atom. The zero-order valence-electron chi connectivity index (χ0n) is 18.7. The van der Waals surface area contributed by atoms with Crippen molar-refractivity contribution < 1.29 is 28.5 Å². The van der Waals surface area contributed by atoms with E-state index in [1.807, 2.05) is 6.07 Å². The maximum absolute atomic E-state index is 11.0.